The van der Waals surface area contributed by atoms with E-state index in [4.69, 9.17) is 4.98 Å². The molecule has 2 aromatic rings. The summed E-state index contributed by atoms with van der Waals surface area (Å²) in [5, 5.41) is 0. The van der Waals surface area contributed by atoms with Crippen LogP contribution in [0.2, 0.25) is 0 Å². The quantitative estimate of drug-likeness (QED) is 0.687. The Morgan fingerprint density at radius 3 is 2.57 bits per heavy atom. The van der Waals surface area contributed by atoms with Crippen molar-refractivity contribution in [3.8, 4) is 0 Å². The molecule has 3 nitrogen and oxygen atoms in total. The zero-order chi connectivity index (χ0) is 19.3. The van der Waals surface area contributed by atoms with Crippen LogP contribution in [0, 0.1) is 12.8 Å². The molecule has 1 aromatic heterocycles. The number of aryl methyl sites for hydroxylation is 1. The fraction of sp³-hybridized carbons (Fsp3) is 0.440. The number of benzene rings is 1. The molecule has 0 bridgehead atoms. The lowest BCUT2D eigenvalue weighted by Gasteiger charge is -2.32. The molecule has 1 aliphatic carbocycles. The number of likely N-dealkylation sites (tertiary alicyclic amines) is 1. The highest BCUT2D eigenvalue weighted by molar-refractivity contribution is 5.76. The third-order valence-corrected chi connectivity index (χ3v) is 6.10. The third kappa shape index (κ3) is 4.70. The predicted molar refractivity (Wildman–Crippen MR) is 113 cm³/mol. The monoisotopic (exact) mass is 374 g/mol. The number of pyridine rings is 1. The maximum Gasteiger partial charge on any atom is 0.223 e. The van der Waals surface area contributed by atoms with Gasteiger partial charge in [-0.1, -0.05) is 42.5 Å². The number of allylic oxidation sites excluding steroid dienone is 2. The molecule has 1 amide bonds. The van der Waals surface area contributed by atoms with Crippen molar-refractivity contribution in [3.63, 3.8) is 0 Å². The summed E-state index contributed by atoms with van der Waals surface area (Å²) in [5.74, 6) is 1.26. The standard InChI is InChI=1S/C25H30N2O/c1-19-15-22(16-20-7-3-2-4-8-20)17-24(26-19)23-11-13-27(14-12-23)25(28)18-21-9-5-6-10-21/h2-5,7-9,15,17,21,23H,6,10-14,16,18H2,1H3/t21-/m1/s1. The summed E-state index contributed by atoms with van der Waals surface area (Å²) in [6.45, 7) is 3.82. The van der Waals surface area contributed by atoms with Crippen LogP contribution < -0.4 is 0 Å². The maximum atomic E-state index is 12.6. The summed E-state index contributed by atoms with van der Waals surface area (Å²) in [7, 11) is 0. The number of hydrogen-bond donors (Lipinski definition) is 0. The largest absolute Gasteiger partial charge is 0.343 e. The van der Waals surface area contributed by atoms with E-state index < -0.39 is 0 Å². The van der Waals surface area contributed by atoms with Crippen LogP contribution in [0.25, 0.3) is 0 Å². The van der Waals surface area contributed by atoms with Gasteiger partial charge in [0.25, 0.3) is 0 Å². The fourth-order valence-corrected chi connectivity index (χ4v) is 4.55. The second kappa shape index (κ2) is 8.72. The van der Waals surface area contributed by atoms with Crippen LogP contribution in [0.1, 0.15) is 60.5 Å². The zero-order valence-electron chi connectivity index (χ0n) is 16.8. The molecular weight excluding hydrogens is 344 g/mol. The van der Waals surface area contributed by atoms with Crippen LogP contribution in [-0.2, 0) is 11.2 Å². The van der Waals surface area contributed by atoms with E-state index in [1.165, 1.54) is 16.8 Å². The minimum absolute atomic E-state index is 0.331. The molecule has 1 aromatic carbocycles. The molecule has 0 unspecified atom stereocenters. The number of hydrogen-bond acceptors (Lipinski definition) is 2. The van der Waals surface area contributed by atoms with Crippen LogP contribution >= 0.6 is 0 Å². The Bertz CT molecular complexity index is 835. The molecule has 2 heterocycles. The smallest absolute Gasteiger partial charge is 0.223 e. The van der Waals surface area contributed by atoms with Crippen molar-refractivity contribution < 1.29 is 4.79 Å². The van der Waals surface area contributed by atoms with Gasteiger partial charge < -0.3 is 4.90 Å². The first-order chi connectivity index (χ1) is 13.7. The lowest BCUT2D eigenvalue weighted by atomic mass is 9.91. The summed E-state index contributed by atoms with van der Waals surface area (Å²) < 4.78 is 0. The summed E-state index contributed by atoms with van der Waals surface area (Å²) in [5.41, 5.74) is 4.97. The molecule has 1 fully saturated rings. The van der Waals surface area contributed by atoms with Crippen molar-refractivity contribution in [2.45, 2.75) is 51.4 Å². The Balaban J connectivity index is 1.37. The van der Waals surface area contributed by atoms with E-state index in [1.807, 2.05) is 0 Å². The van der Waals surface area contributed by atoms with Crippen LogP contribution in [0.15, 0.2) is 54.6 Å². The third-order valence-electron chi connectivity index (χ3n) is 6.10. The van der Waals surface area contributed by atoms with Gasteiger partial charge in [-0.2, -0.15) is 0 Å². The number of amides is 1. The lowest BCUT2D eigenvalue weighted by Crippen LogP contribution is -2.38. The molecule has 1 saturated heterocycles. The van der Waals surface area contributed by atoms with Gasteiger partial charge in [-0.05, 0) is 68.2 Å². The lowest BCUT2D eigenvalue weighted by molar-refractivity contribution is -0.132. The predicted octanol–water partition coefficient (Wildman–Crippen LogP) is 5.04. The first kappa shape index (κ1) is 18.9. The summed E-state index contributed by atoms with van der Waals surface area (Å²) in [4.78, 5) is 19.5. The Morgan fingerprint density at radius 2 is 1.86 bits per heavy atom. The van der Waals surface area contributed by atoms with Gasteiger partial charge in [-0.15, -0.1) is 0 Å². The number of rotatable bonds is 5. The molecule has 28 heavy (non-hydrogen) atoms. The Morgan fingerprint density at radius 1 is 1.07 bits per heavy atom. The van der Waals surface area contributed by atoms with E-state index in [-0.39, 0.29) is 0 Å². The topological polar surface area (TPSA) is 33.2 Å². The molecule has 0 spiro atoms. The number of carbonyl (C=O) groups is 1. The van der Waals surface area contributed by atoms with Gasteiger partial charge in [-0.25, -0.2) is 0 Å². The molecule has 0 radical (unpaired) electrons. The van der Waals surface area contributed by atoms with Crippen molar-refractivity contribution in [2.24, 2.45) is 5.92 Å². The van der Waals surface area contributed by atoms with Gasteiger partial charge >= 0.3 is 0 Å². The van der Waals surface area contributed by atoms with Gasteiger partial charge in [0.15, 0.2) is 0 Å². The van der Waals surface area contributed by atoms with Crippen molar-refractivity contribution in [2.75, 3.05) is 13.1 Å². The maximum absolute atomic E-state index is 12.6. The molecule has 1 aliphatic heterocycles. The molecule has 0 N–H and O–H groups in total. The SMILES string of the molecule is Cc1cc(Cc2ccccc2)cc(C2CCN(C(=O)C[C@@H]3C=CCC3)CC2)n1. The van der Waals surface area contributed by atoms with Crippen molar-refractivity contribution >= 4 is 5.91 Å². The normalized spacial score (nSPS) is 19.9. The minimum Gasteiger partial charge on any atom is -0.343 e. The highest BCUT2D eigenvalue weighted by Gasteiger charge is 2.26. The Labute approximate surface area is 168 Å². The van der Waals surface area contributed by atoms with E-state index in [0.29, 0.717) is 24.2 Å². The first-order valence-corrected chi connectivity index (χ1v) is 10.6. The first-order valence-electron chi connectivity index (χ1n) is 10.6. The molecule has 146 valence electrons. The van der Waals surface area contributed by atoms with Crippen molar-refractivity contribution in [1.29, 1.82) is 0 Å². The van der Waals surface area contributed by atoms with Crippen molar-refractivity contribution in [1.82, 2.24) is 9.88 Å². The summed E-state index contributed by atoms with van der Waals surface area (Å²) in [6.07, 6.45) is 10.4. The molecule has 4 rings (SSSR count). The molecule has 0 saturated carbocycles. The molecule has 1 atom stereocenters. The highest BCUT2D eigenvalue weighted by atomic mass is 16.2. The Kier molecular flexibility index (Phi) is 5.90. The van der Waals surface area contributed by atoms with E-state index in [0.717, 1.165) is 50.9 Å². The van der Waals surface area contributed by atoms with Gasteiger partial charge in [0, 0.05) is 36.8 Å². The second-order valence-electron chi connectivity index (χ2n) is 8.33. The van der Waals surface area contributed by atoms with E-state index in [1.54, 1.807) is 0 Å². The average Bonchev–Trinajstić information content (AvgIpc) is 3.21. The van der Waals surface area contributed by atoms with Crippen LogP contribution in [0.5, 0.6) is 0 Å². The van der Waals surface area contributed by atoms with Gasteiger partial charge in [0.1, 0.15) is 0 Å². The number of carbonyl (C=O) groups excluding carboxylic acids is 1. The van der Waals surface area contributed by atoms with E-state index >= 15 is 0 Å². The second-order valence-corrected chi connectivity index (χ2v) is 8.33. The summed E-state index contributed by atoms with van der Waals surface area (Å²) >= 11 is 0. The van der Waals surface area contributed by atoms with E-state index in [2.05, 4.69) is 66.4 Å². The molecule has 2 aliphatic rings. The van der Waals surface area contributed by atoms with Crippen LogP contribution in [-0.4, -0.2) is 28.9 Å². The van der Waals surface area contributed by atoms with Crippen molar-refractivity contribution in [3.05, 3.63) is 77.1 Å². The number of aromatic nitrogens is 1. The summed E-state index contributed by atoms with van der Waals surface area (Å²) in [6, 6.07) is 15.1. The molecule has 3 heteroatoms. The van der Waals surface area contributed by atoms with E-state index in [9.17, 15) is 4.79 Å². The van der Waals surface area contributed by atoms with Gasteiger partial charge in [-0.3, -0.25) is 9.78 Å². The van der Waals surface area contributed by atoms with Crippen LogP contribution in [0.4, 0.5) is 0 Å². The fourth-order valence-electron chi connectivity index (χ4n) is 4.55. The number of nitrogens with zero attached hydrogens (tertiary/aromatic N) is 2. The minimum atomic E-state index is 0.331. The van der Waals surface area contributed by atoms with Crippen LogP contribution in [0.3, 0.4) is 0 Å². The van der Waals surface area contributed by atoms with Gasteiger partial charge in [0.2, 0.25) is 5.91 Å². The number of piperidine rings is 1. The highest BCUT2D eigenvalue weighted by Crippen LogP contribution is 2.29. The Hall–Kier alpha value is -2.42. The van der Waals surface area contributed by atoms with Gasteiger partial charge in [0.05, 0.1) is 0 Å². The molecular formula is C25H30N2O. The zero-order valence-corrected chi connectivity index (χ0v) is 16.8. The average molecular weight is 375 g/mol.